The number of hydrogen-bond donors (Lipinski definition) is 1. The van der Waals surface area contributed by atoms with Crippen molar-refractivity contribution < 1.29 is 8.78 Å². The summed E-state index contributed by atoms with van der Waals surface area (Å²) in [6.45, 7) is 0.472. The van der Waals surface area contributed by atoms with Crippen molar-refractivity contribution in [2.24, 2.45) is 11.7 Å². The van der Waals surface area contributed by atoms with Crippen molar-refractivity contribution in [1.29, 1.82) is 0 Å². The highest BCUT2D eigenvalue weighted by Gasteiger charge is 2.13. The highest BCUT2D eigenvalue weighted by molar-refractivity contribution is 9.10. The normalized spacial score (nSPS) is 12.4. The molecular weight excluding hydrogens is 324 g/mol. The van der Waals surface area contributed by atoms with E-state index in [1.54, 1.807) is 12.1 Å². The number of benzene rings is 2. The van der Waals surface area contributed by atoms with E-state index >= 15 is 0 Å². The maximum Gasteiger partial charge on any atom is 0.137 e. The van der Waals surface area contributed by atoms with Crippen molar-refractivity contribution in [3.05, 3.63) is 69.7 Å². The molecule has 0 aliphatic heterocycles. The molecule has 0 aliphatic rings. The Morgan fingerprint density at radius 3 is 2.50 bits per heavy atom. The van der Waals surface area contributed by atoms with Crippen LogP contribution in [0.2, 0.25) is 0 Å². The number of nitrogens with two attached hydrogens (primary N) is 1. The number of hydrogen-bond acceptors (Lipinski definition) is 1. The molecule has 106 valence electrons. The first-order valence-corrected chi connectivity index (χ1v) is 7.27. The molecule has 0 radical (unpaired) electrons. The second-order valence-corrected chi connectivity index (χ2v) is 5.65. The van der Waals surface area contributed by atoms with Crippen LogP contribution >= 0.6 is 15.9 Å². The first-order chi connectivity index (χ1) is 9.60. The third-order valence-electron chi connectivity index (χ3n) is 3.29. The van der Waals surface area contributed by atoms with Crippen molar-refractivity contribution in [3.63, 3.8) is 0 Å². The van der Waals surface area contributed by atoms with Gasteiger partial charge in [0.25, 0.3) is 0 Å². The minimum Gasteiger partial charge on any atom is -0.330 e. The van der Waals surface area contributed by atoms with Crippen LogP contribution in [0.1, 0.15) is 11.1 Å². The molecule has 0 fully saturated rings. The van der Waals surface area contributed by atoms with Crippen LogP contribution < -0.4 is 5.73 Å². The summed E-state index contributed by atoms with van der Waals surface area (Å²) in [7, 11) is 0. The SMILES string of the molecule is NCC(Cc1cccc(F)c1)Cc1cccc(F)c1Br. The molecular formula is C16H16BrF2N. The molecule has 0 heterocycles. The predicted octanol–water partition coefficient (Wildman–Crippen LogP) is 4.09. The summed E-state index contributed by atoms with van der Waals surface area (Å²) < 4.78 is 27.1. The molecule has 1 unspecified atom stereocenters. The zero-order valence-corrected chi connectivity index (χ0v) is 12.5. The van der Waals surface area contributed by atoms with Crippen molar-refractivity contribution in [2.45, 2.75) is 12.8 Å². The summed E-state index contributed by atoms with van der Waals surface area (Å²) >= 11 is 3.26. The Bertz CT molecular complexity index is 586. The Hall–Kier alpha value is -1.26. The average Bonchev–Trinajstić information content (AvgIpc) is 2.43. The topological polar surface area (TPSA) is 26.0 Å². The Labute approximate surface area is 125 Å². The van der Waals surface area contributed by atoms with Crippen LogP contribution in [0.5, 0.6) is 0 Å². The molecule has 0 amide bonds. The van der Waals surface area contributed by atoms with Gasteiger partial charge in [-0.2, -0.15) is 0 Å². The van der Waals surface area contributed by atoms with Gasteiger partial charge in [-0.05, 0) is 70.6 Å². The highest BCUT2D eigenvalue weighted by Crippen LogP contribution is 2.24. The van der Waals surface area contributed by atoms with Crippen LogP contribution in [0.4, 0.5) is 8.78 Å². The van der Waals surface area contributed by atoms with Gasteiger partial charge in [0.2, 0.25) is 0 Å². The van der Waals surface area contributed by atoms with E-state index in [2.05, 4.69) is 15.9 Å². The second kappa shape index (κ2) is 6.95. The monoisotopic (exact) mass is 339 g/mol. The summed E-state index contributed by atoms with van der Waals surface area (Å²) in [6.07, 6.45) is 1.34. The molecule has 0 spiro atoms. The molecule has 20 heavy (non-hydrogen) atoms. The maximum absolute atomic E-state index is 13.5. The number of rotatable bonds is 5. The van der Waals surface area contributed by atoms with Gasteiger partial charge >= 0.3 is 0 Å². The van der Waals surface area contributed by atoms with E-state index in [1.165, 1.54) is 18.2 Å². The van der Waals surface area contributed by atoms with Gasteiger partial charge in [0.05, 0.1) is 4.47 Å². The minimum atomic E-state index is -0.274. The third-order valence-corrected chi connectivity index (χ3v) is 4.17. The van der Waals surface area contributed by atoms with E-state index in [-0.39, 0.29) is 17.6 Å². The highest BCUT2D eigenvalue weighted by atomic mass is 79.9. The predicted molar refractivity (Wildman–Crippen MR) is 80.5 cm³/mol. The molecule has 4 heteroatoms. The van der Waals surface area contributed by atoms with Crippen molar-refractivity contribution in [3.8, 4) is 0 Å². The summed E-state index contributed by atoms with van der Waals surface area (Å²) in [4.78, 5) is 0. The smallest absolute Gasteiger partial charge is 0.137 e. The average molecular weight is 340 g/mol. The summed E-state index contributed by atoms with van der Waals surface area (Å²) in [6, 6.07) is 11.5. The van der Waals surface area contributed by atoms with Gasteiger partial charge < -0.3 is 5.73 Å². The van der Waals surface area contributed by atoms with Crippen LogP contribution in [0.3, 0.4) is 0 Å². The molecule has 0 aromatic heterocycles. The lowest BCUT2D eigenvalue weighted by atomic mass is 9.92. The summed E-state index contributed by atoms with van der Waals surface area (Å²) in [5.41, 5.74) is 7.59. The van der Waals surface area contributed by atoms with E-state index < -0.39 is 0 Å². The lowest BCUT2D eigenvalue weighted by Crippen LogP contribution is -2.19. The van der Waals surface area contributed by atoms with Gasteiger partial charge in [-0.25, -0.2) is 8.78 Å². The molecule has 1 atom stereocenters. The van der Waals surface area contributed by atoms with Crippen molar-refractivity contribution >= 4 is 15.9 Å². The van der Waals surface area contributed by atoms with Crippen LogP contribution in [-0.4, -0.2) is 6.54 Å². The molecule has 2 aromatic rings. The van der Waals surface area contributed by atoms with E-state index in [4.69, 9.17) is 5.73 Å². The maximum atomic E-state index is 13.5. The Balaban J connectivity index is 2.11. The quantitative estimate of drug-likeness (QED) is 0.872. The molecule has 0 bridgehead atoms. The Kier molecular flexibility index (Phi) is 5.26. The third kappa shape index (κ3) is 3.87. The fourth-order valence-electron chi connectivity index (χ4n) is 2.25. The molecule has 1 nitrogen and oxygen atoms in total. The van der Waals surface area contributed by atoms with E-state index in [0.717, 1.165) is 11.1 Å². The van der Waals surface area contributed by atoms with E-state index in [9.17, 15) is 8.78 Å². The Morgan fingerprint density at radius 1 is 1.05 bits per heavy atom. The van der Waals surface area contributed by atoms with Crippen molar-refractivity contribution in [1.82, 2.24) is 0 Å². The standard InChI is InChI=1S/C16H16BrF2N/c17-16-13(4-2-6-15(16)19)8-12(10-20)7-11-3-1-5-14(18)9-11/h1-6,9,12H,7-8,10,20H2. The fraction of sp³-hybridized carbons (Fsp3) is 0.250. The molecule has 2 rings (SSSR count). The van der Waals surface area contributed by atoms with Crippen molar-refractivity contribution in [2.75, 3.05) is 6.54 Å². The fourth-order valence-corrected chi connectivity index (χ4v) is 2.68. The van der Waals surface area contributed by atoms with Crippen LogP contribution in [0.25, 0.3) is 0 Å². The van der Waals surface area contributed by atoms with E-state index in [1.807, 2.05) is 12.1 Å². The molecule has 0 saturated carbocycles. The van der Waals surface area contributed by atoms with Crippen LogP contribution in [-0.2, 0) is 12.8 Å². The largest absolute Gasteiger partial charge is 0.330 e. The van der Waals surface area contributed by atoms with Gasteiger partial charge in [-0.3, -0.25) is 0 Å². The first-order valence-electron chi connectivity index (χ1n) is 6.47. The van der Waals surface area contributed by atoms with Gasteiger partial charge in [0, 0.05) is 0 Å². The van der Waals surface area contributed by atoms with Gasteiger partial charge in [-0.1, -0.05) is 24.3 Å². The van der Waals surface area contributed by atoms with Gasteiger partial charge in [0.15, 0.2) is 0 Å². The first kappa shape index (κ1) is 15.1. The Morgan fingerprint density at radius 2 is 1.80 bits per heavy atom. The summed E-state index contributed by atoms with van der Waals surface area (Å²) in [5, 5.41) is 0. The zero-order valence-electron chi connectivity index (χ0n) is 11.0. The molecule has 2 aromatic carbocycles. The van der Waals surface area contributed by atoms with Crippen LogP contribution in [0, 0.1) is 17.6 Å². The molecule has 0 saturated heterocycles. The number of halogens is 3. The minimum absolute atomic E-state index is 0.148. The zero-order chi connectivity index (χ0) is 14.5. The lowest BCUT2D eigenvalue weighted by Gasteiger charge is -2.16. The van der Waals surface area contributed by atoms with E-state index in [0.29, 0.717) is 23.9 Å². The molecule has 2 N–H and O–H groups in total. The van der Waals surface area contributed by atoms with Gasteiger partial charge in [-0.15, -0.1) is 0 Å². The van der Waals surface area contributed by atoms with Gasteiger partial charge in [0.1, 0.15) is 11.6 Å². The second-order valence-electron chi connectivity index (χ2n) is 4.85. The lowest BCUT2D eigenvalue weighted by molar-refractivity contribution is 0.526. The van der Waals surface area contributed by atoms with Crippen LogP contribution in [0.15, 0.2) is 46.9 Å². The summed E-state index contributed by atoms with van der Waals surface area (Å²) in [5.74, 6) is -0.371. The molecule has 0 aliphatic carbocycles.